The average Bonchev–Trinajstić information content (AvgIpc) is 2.57. The Morgan fingerprint density at radius 1 is 1.42 bits per heavy atom. The fourth-order valence-corrected chi connectivity index (χ4v) is 3.13. The topological polar surface area (TPSA) is 86.1 Å². The summed E-state index contributed by atoms with van der Waals surface area (Å²) < 4.78 is 16.2. The van der Waals surface area contributed by atoms with Crippen molar-refractivity contribution in [2.75, 3.05) is 46.5 Å². The maximum atomic E-state index is 10.9. The van der Waals surface area contributed by atoms with E-state index in [4.69, 9.17) is 19.9 Å². The molecule has 0 aliphatic carbocycles. The molecule has 8 heteroatoms. The number of morpholine rings is 1. The zero-order chi connectivity index (χ0) is 17.4. The first-order valence-electron chi connectivity index (χ1n) is 7.94. The van der Waals surface area contributed by atoms with E-state index in [1.807, 2.05) is 12.1 Å². The van der Waals surface area contributed by atoms with E-state index in [0.717, 1.165) is 51.4 Å². The maximum absolute atomic E-state index is 10.9. The second-order valence-corrected chi connectivity index (χ2v) is 6.37. The van der Waals surface area contributed by atoms with E-state index in [9.17, 15) is 4.79 Å². The molecule has 1 heterocycles. The molecule has 1 aromatic rings. The van der Waals surface area contributed by atoms with Crippen LogP contribution in [0.4, 0.5) is 4.79 Å². The summed E-state index contributed by atoms with van der Waals surface area (Å²) in [4.78, 5) is 13.4. The molecule has 7 nitrogen and oxygen atoms in total. The van der Waals surface area contributed by atoms with Gasteiger partial charge in [0.1, 0.15) is 0 Å². The van der Waals surface area contributed by atoms with Crippen molar-refractivity contribution < 1.29 is 19.0 Å². The Morgan fingerprint density at radius 2 is 2.17 bits per heavy atom. The predicted octanol–water partition coefficient (Wildman–Crippen LogP) is 1.73. The molecular weight excluding hydrogens is 378 g/mol. The molecule has 0 aromatic heterocycles. The number of rotatable bonds is 8. The van der Waals surface area contributed by atoms with Gasteiger partial charge in [0.15, 0.2) is 11.5 Å². The normalized spacial score (nSPS) is 15.2. The van der Waals surface area contributed by atoms with Gasteiger partial charge in [0.2, 0.25) is 0 Å². The third kappa shape index (κ3) is 5.94. The predicted molar refractivity (Wildman–Crippen MR) is 94.5 cm³/mol. The van der Waals surface area contributed by atoms with E-state index in [-0.39, 0.29) is 0 Å². The number of methoxy groups -OCH3 is 1. The number of ether oxygens (including phenoxy) is 3. The molecule has 2 rings (SSSR count). The first-order valence-corrected chi connectivity index (χ1v) is 8.74. The van der Waals surface area contributed by atoms with Gasteiger partial charge in [-0.2, -0.15) is 0 Å². The second kappa shape index (κ2) is 9.83. The summed E-state index contributed by atoms with van der Waals surface area (Å²) in [7, 11) is 1.52. The minimum Gasteiger partial charge on any atom is -0.493 e. The van der Waals surface area contributed by atoms with Crippen molar-refractivity contribution >= 4 is 22.0 Å². The zero-order valence-corrected chi connectivity index (χ0v) is 15.4. The number of hydrogen-bond donors (Lipinski definition) is 2. The number of halogens is 1. The van der Waals surface area contributed by atoms with Crippen molar-refractivity contribution in [2.45, 2.75) is 13.0 Å². The molecule has 1 aliphatic heterocycles. The van der Waals surface area contributed by atoms with Crippen LogP contribution in [0.1, 0.15) is 12.0 Å². The molecule has 1 fully saturated rings. The zero-order valence-electron chi connectivity index (χ0n) is 13.8. The fraction of sp³-hybridized carbons (Fsp3) is 0.562. The molecule has 3 N–H and O–H groups in total. The number of hydrogen-bond acceptors (Lipinski definition) is 6. The van der Waals surface area contributed by atoms with E-state index in [2.05, 4.69) is 26.1 Å². The standard InChI is InChI=1S/C16H24BrN3O4/c1-22-14-10-12(9-13(17)15(14)24-16(18)21)11-19-3-2-4-20-5-7-23-8-6-20/h9-10,19H,2-8,11H2,1H3,(H2,18,21). The summed E-state index contributed by atoms with van der Waals surface area (Å²) in [5.74, 6) is 0.759. The maximum Gasteiger partial charge on any atom is 0.410 e. The third-order valence-corrected chi connectivity index (χ3v) is 4.34. The number of benzene rings is 1. The molecule has 1 saturated heterocycles. The number of nitrogens with two attached hydrogens (primary N) is 1. The van der Waals surface area contributed by atoms with Gasteiger partial charge in [-0.15, -0.1) is 0 Å². The summed E-state index contributed by atoms with van der Waals surface area (Å²) in [6, 6.07) is 3.72. The molecule has 0 bridgehead atoms. The smallest absolute Gasteiger partial charge is 0.410 e. The Hall–Kier alpha value is -1.35. The van der Waals surface area contributed by atoms with Crippen LogP contribution in [0.2, 0.25) is 0 Å². The minimum absolute atomic E-state index is 0.293. The Labute approximate surface area is 150 Å². The van der Waals surface area contributed by atoms with E-state index in [1.165, 1.54) is 7.11 Å². The first kappa shape index (κ1) is 19.0. The summed E-state index contributed by atoms with van der Waals surface area (Å²) in [6.45, 7) is 6.42. The largest absolute Gasteiger partial charge is 0.493 e. The van der Waals surface area contributed by atoms with Gasteiger partial charge in [-0.3, -0.25) is 4.90 Å². The van der Waals surface area contributed by atoms with Gasteiger partial charge in [0.25, 0.3) is 0 Å². The lowest BCUT2D eigenvalue weighted by Gasteiger charge is -2.26. The minimum atomic E-state index is -0.872. The molecule has 134 valence electrons. The Balaban J connectivity index is 1.79. The van der Waals surface area contributed by atoms with Gasteiger partial charge in [0, 0.05) is 19.6 Å². The number of amides is 1. The Morgan fingerprint density at radius 3 is 2.83 bits per heavy atom. The van der Waals surface area contributed by atoms with Gasteiger partial charge in [-0.05, 0) is 53.1 Å². The summed E-state index contributed by atoms with van der Waals surface area (Å²) in [6.07, 6.45) is 0.212. The monoisotopic (exact) mass is 401 g/mol. The Bertz CT molecular complexity index is 550. The first-order chi connectivity index (χ1) is 11.6. The van der Waals surface area contributed by atoms with Crippen molar-refractivity contribution in [3.05, 3.63) is 22.2 Å². The molecule has 1 aromatic carbocycles. The molecule has 1 aliphatic rings. The van der Waals surface area contributed by atoms with Gasteiger partial charge in [0.05, 0.1) is 24.8 Å². The van der Waals surface area contributed by atoms with Crippen LogP contribution in [0.25, 0.3) is 0 Å². The van der Waals surface area contributed by atoms with Gasteiger partial charge in [-0.1, -0.05) is 0 Å². The number of carbonyl (C=O) groups is 1. The highest BCUT2D eigenvalue weighted by atomic mass is 79.9. The van der Waals surface area contributed by atoms with Gasteiger partial charge >= 0.3 is 6.09 Å². The molecule has 24 heavy (non-hydrogen) atoms. The van der Waals surface area contributed by atoms with E-state index in [0.29, 0.717) is 22.5 Å². The second-order valence-electron chi connectivity index (χ2n) is 5.51. The van der Waals surface area contributed by atoms with Crippen LogP contribution in [0.3, 0.4) is 0 Å². The van der Waals surface area contributed by atoms with Crippen LogP contribution in [-0.4, -0.2) is 57.5 Å². The lowest BCUT2D eigenvalue weighted by Crippen LogP contribution is -2.37. The van der Waals surface area contributed by atoms with Crippen molar-refractivity contribution in [1.82, 2.24) is 10.2 Å². The lowest BCUT2D eigenvalue weighted by molar-refractivity contribution is 0.0374. The molecular formula is C16H24BrN3O4. The fourth-order valence-electron chi connectivity index (χ4n) is 2.56. The van der Waals surface area contributed by atoms with Crippen LogP contribution < -0.4 is 20.5 Å². The van der Waals surface area contributed by atoms with Crippen molar-refractivity contribution in [2.24, 2.45) is 5.73 Å². The summed E-state index contributed by atoms with van der Waals surface area (Å²) in [5.41, 5.74) is 6.10. The van der Waals surface area contributed by atoms with Crippen LogP contribution in [0, 0.1) is 0 Å². The number of nitrogens with zero attached hydrogens (tertiary/aromatic N) is 1. The van der Waals surface area contributed by atoms with Crippen molar-refractivity contribution in [3.63, 3.8) is 0 Å². The van der Waals surface area contributed by atoms with E-state index >= 15 is 0 Å². The molecule has 0 unspecified atom stereocenters. The Kier molecular flexibility index (Phi) is 7.77. The van der Waals surface area contributed by atoms with Crippen LogP contribution in [0.15, 0.2) is 16.6 Å². The third-order valence-electron chi connectivity index (χ3n) is 3.75. The SMILES string of the molecule is COc1cc(CNCCCN2CCOCC2)cc(Br)c1OC(N)=O. The van der Waals surface area contributed by atoms with Crippen LogP contribution in [-0.2, 0) is 11.3 Å². The molecule has 1 amide bonds. The number of nitrogens with one attached hydrogen (secondary N) is 1. The van der Waals surface area contributed by atoms with Gasteiger partial charge < -0.3 is 25.3 Å². The lowest BCUT2D eigenvalue weighted by atomic mass is 10.2. The highest BCUT2D eigenvalue weighted by molar-refractivity contribution is 9.10. The number of carbonyl (C=O) groups excluding carboxylic acids is 1. The van der Waals surface area contributed by atoms with Gasteiger partial charge in [-0.25, -0.2) is 4.79 Å². The van der Waals surface area contributed by atoms with Crippen LogP contribution >= 0.6 is 15.9 Å². The highest BCUT2D eigenvalue weighted by Crippen LogP contribution is 2.36. The van der Waals surface area contributed by atoms with Crippen molar-refractivity contribution in [1.29, 1.82) is 0 Å². The quantitative estimate of drug-likeness (QED) is 0.645. The highest BCUT2D eigenvalue weighted by Gasteiger charge is 2.14. The van der Waals surface area contributed by atoms with Crippen LogP contribution in [0.5, 0.6) is 11.5 Å². The molecule has 0 atom stereocenters. The summed E-state index contributed by atoms with van der Waals surface area (Å²) >= 11 is 3.38. The summed E-state index contributed by atoms with van der Waals surface area (Å²) in [5, 5.41) is 3.41. The average molecular weight is 402 g/mol. The molecule has 0 radical (unpaired) electrons. The molecule has 0 saturated carbocycles. The van der Waals surface area contributed by atoms with E-state index < -0.39 is 6.09 Å². The van der Waals surface area contributed by atoms with Crippen molar-refractivity contribution in [3.8, 4) is 11.5 Å². The van der Waals surface area contributed by atoms with E-state index in [1.54, 1.807) is 0 Å². The number of primary amides is 1. The molecule has 0 spiro atoms.